The van der Waals surface area contributed by atoms with Gasteiger partial charge < -0.3 is 11.1 Å². The lowest BCUT2D eigenvalue weighted by Crippen LogP contribution is -2.52. The predicted octanol–water partition coefficient (Wildman–Crippen LogP) is 3.56. The van der Waals surface area contributed by atoms with Crippen LogP contribution in [0.2, 0.25) is 0 Å². The number of nitrogens with one attached hydrogen (secondary N) is 1. The Morgan fingerprint density at radius 3 is 2.29 bits per heavy atom. The third-order valence-electron chi connectivity index (χ3n) is 5.55. The fourth-order valence-electron chi connectivity index (χ4n) is 3.81. The first kappa shape index (κ1) is 25.4. The molecular weight excluding hydrogens is 374 g/mol. The number of sulfonamides is 1. The van der Waals surface area contributed by atoms with Crippen LogP contribution in [0.5, 0.6) is 0 Å². The Morgan fingerprint density at radius 2 is 1.61 bits per heavy atom. The van der Waals surface area contributed by atoms with Gasteiger partial charge in [-0.05, 0) is 38.6 Å². The summed E-state index contributed by atoms with van der Waals surface area (Å²) in [5.41, 5.74) is 5.48. The maximum absolute atomic E-state index is 12.8. The second-order valence-electron chi connectivity index (χ2n) is 8.05. The van der Waals surface area contributed by atoms with Crippen molar-refractivity contribution in [1.29, 1.82) is 0 Å². The van der Waals surface area contributed by atoms with Gasteiger partial charge in [-0.15, -0.1) is 0 Å². The Morgan fingerprint density at radius 1 is 0.964 bits per heavy atom. The Balaban J connectivity index is 2.37. The highest BCUT2D eigenvalue weighted by atomic mass is 32.2. The topological polar surface area (TPSA) is 92.5 Å². The summed E-state index contributed by atoms with van der Waals surface area (Å²) in [6.07, 6.45) is 14.2. The number of carbonyl (C=O) groups excluding carboxylic acids is 1. The summed E-state index contributed by atoms with van der Waals surface area (Å²) in [6, 6.07) is -0.526. The van der Waals surface area contributed by atoms with Crippen molar-refractivity contribution in [3.8, 4) is 0 Å². The highest BCUT2D eigenvalue weighted by Crippen LogP contribution is 2.22. The Hall–Kier alpha value is -0.660. The highest BCUT2D eigenvalue weighted by Gasteiger charge is 2.36. The lowest BCUT2D eigenvalue weighted by molar-refractivity contribution is -0.125. The summed E-state index contributed by atoms with van der Waals surface area (Å²) >= 11 is 0. The molecule has 0 aliphatic carbocycles. The van der Waals surface area contributed by atoms with Crippen LogP contribution in [0.25, 0.3) is 0 Å². The molecule has 0 saturated carbocycles. The van der Waals surface area contributed by atoms with E-state index in [4.69, 9.17) is 5.73 Å². The van der Waals surface area contributed by atoms with Crippen LogP contribution < -0.4 is 11.1 Å². The molecule has 0 spiro atoms. The van der Waals surface area contributed by atoms with Crippen molar-refractivity contribution in [2.45, 2.75) is 103 Å². The van der Waals surface area contributed by atoms with Crippen molar-refractivity contribution in [2.75, 3.05) is 25.4 Å². The molecule has 1 fully saturated rings. The average Bonchev–Trinajstić information content (AvgIpc) is 2.69. The van der Waals surface area contributed by atoms with E-state index >= 15 is 0 Å². The van der Waals surface area contributed by atoms with Crippen LogP contribution in [0.4, 0.5) is 0 Å². The van der Waals surface area contributed by atoms with Gasteiger partial charge >= 0.3 is 0 Å². The van der Waals surface area contributed by atoms with Crippen LogP contribution in [0.15, 0.2) is 0 Å². The van der Waals surface area contributed by atoms with Crippen LogP contribution >= 0.6 is 0 Å². The van der Waals surface area contributed by atoms with Gasteiger partial charge in [0.1, 0.15) is 6.04 Å². The van der Waals surface area contributed by atoms with Crippen molar-refractivity contribution < 1.29 is 13.2 Å². The van der Waals surface area contributed by atoms with E-state index in [0.29, 0.717) is 32.5 Å². The third kappa shape index (κ3) is 10.2. The summed E-state index contributed by atoms with van der Waals surface area (Å²) in [6.45, 7) is 3.95. The molecule has 1 atom stereocenters. The Labute approximate surface area is 173 Å². The SMILES string of the molecule is CCCCCCCCCCS(=O)(=O)N1CCCCC1C(=O)NCCCCCN. The quantitative estimate of drug-likeness (QED) is 0.376. The number of unbranched alkanes of at least 4 members (excludes halogenated alkanes) is 9. The summed E-state index contributed by atoms with van der Waals surface area (Å²) in [5, 5.41) is 2.93. The molecule has 0 radical (unpaired) electrons. The molecule has 0 aromatic carbocycles. The number of amides is 1. The van der Waals surface area contributed by atoms with E-state index in [0.717, 1.165) is 44.9 Å². The van der Waals surface area contributed by atoms with Crippen molar-refractivity contribution in [3.05, 3.63) is 0 Å². The van der Waals surface area contributed by atoms with Crippen molar-refractivity contribution in [3.63, 3.8) is 0 Å². The van der Waals surface area contributed by atoms with Gasteiger partial charge in [-0.1, -0.05) is 64.7 Å². The third-order valence-corrected chi connectivity index (χ3v) is 7.51. The Kier molecular flexibility index (Phi) is 13.8. The van der Waals surface area contributed by atoms with Gasteiger partial charge in [0.05, 0.1) is 5.75 Å². The zero-order valence-electron chi connectivity index (χ0n) is 18.0. The summed E-state index contributed by atoms with van der Waals surface area (Å²) in [4.78, 5) is 12.5. The van der Waals surface area contributed by atoms with E-state index in [-0.39, 0.29) is 11.7 Å². The van der Waals surface area contributed by atoms with E-state index in [1.54, 1.807) is 0 Å². The molecule has 1 heterocycles. The van der Waals surface area contributed by atoms with Crippen LogP contribution in [-0.2, 0) is 14.8 Å². The number of nitrogens with zero attached hydrogens (tertiary/aromatic N) is 1. The normalized spacial score (nSPS) is 18.3. The maximum Gasteiger partial charge on any atom is 0.238 e. The summed E-state index contributed by atoms with van der Waals surface area (Å²) in [7, 11) is -3.36. The average molecular weight is 418 g/mol. The molecule has 0 aromatic heterocycles. The van der Waals surface area contributed by atoms with Crippen LogP contribution in [-0.4, -0.2) is 50.1 Å². The second-order valence-corrected chi connectivity index (χ2v) is 10.1. The van der Waals surface area contributed by atoms with Crippen molar-refractivity contribution in [2.24, 2.45) is 5.73 Å². The van der Waals surface area contributed by atoms with E-state index < -0.39 is 16.1 Å². The number of rotatable bonds is 16. The first-order valence-electron chi connectivity index (χ1n) is 11.5. The van der Waals surface area contributed by atoms with Gasteiger partial charge in [0, 0.05) is 13.1 Å². The lowest BCUT2D eigenvalue weighted by Gasteiger charge is -2.33. The fourth-order valence-corrected chi connectivity index (χ4v) is 5.61. The molecule has 6 nitrogen and oxygen atoms in total. The van der Waals surface area contributed by atoms with Gasteiger partial charge in [-0.2, -0.15) is 4.31 Å². The van der Waals surface area contributed by atoms with Crippen LogP contribution in [0.3, 0.4) is 0 Å². The zero-order valence-corrected chi connectivity index (χ0v) is 18.8. The van der Waals surface area contributed by atoms with Gasteiger partial charge in [0.2, 0.25) is 15.9 Å². The summed E-state index contributed by atoms with van der Waals surface area (Å²) < 4.78 is 27.1. The van der Waals surface area contributed by atoms with Gasteiger partial charge in [-0.25, -0.2) is 8.42 Å². The molecule has 1 rings (SSSR count). The molecule has 0 bridgehead atoms. The highest BCUT2D eigenvalue weighted by molar-refractivity contribution is 7.89. The number of piperidine rings is 1. The molecule has 1 amide bonds. The predicted molar refractivity (Wildman–Crippen MR) is 117 cm³/mol. The molecule has 28 heavy (non-hydrogen) atoms. The van der Waals surface area contributed by atoms with Crippen LogP contribution in [0.1, 0.15) is 96.8 Å². The van der Waals surface area contributed by atoms with Crippen molar-refractivity contribution in [1.82, 2.24) is 9.62 Å². The van der Waals surface area contributed by atoms with Gasteiger partial charge in [-0.3, -0.25) is 4.79 Å². The first-order valence-corrected chi connectivity index (χ1v) is 13.1. The van der Waals surface area contributed by atoms with Crippen LogP contribution in [0, 0.1) is 0 Å². The molecule has 1 unspecified atom stereocenters. The molecule has 1 aliphatic rings. The first-order chi connectivity index (χ1) is 13.5. The number of nitrogens with two attached hydrogens (primary N) is 1. The molecule has 0 aromatic rings. The largest absolute Gasteiger partial charge is 0.355 e. The van der Waals surface area contributed by atoms with E-state index in [9.17, 15) is 13.2 Å². The summed E-state index contributed by atoms with van der Waals surface area (Å²) in [5.74, 6) is 0.0364. The second kappa shape index (κ2) is 15.2. The number of hydrogen-bond acceptors (Lipinski definition) is 4. The number of hydrogen-bond donors (Lipinski definition) is 2. The standard InChI is InChI=1S/C21H43N3O3S/c1-2-3-4-5-6-7-8-14-19-28(26,27)24-18-13-10-15-20(24)21(25)23-17-12-9-11-16-22/h20H,2-19,22H2,1H3,(H,23,25). The molecular formula is C21H43N3O3S. The molecule has 1 aliphatic heterocycles. The molecule has 7 heteroatoms. The Bertz CT molecular complexity index is 511. The van der Waals surface area contributed by atoms with Crippen molar-refractivity contribution >= 4 is 15.9 Å². The smallest absolute Gasteiger partial charge is 0.238 e. The van der Waals surface area contributed by atoms with E-state index in [2.05, 4.69) is 12.2 Å². The van der Waals surface area contributed by atoms with Gasteiger partial charge in [0.25, 0.3) is 0 Å². The number of carbonyl (C=O) groups is 1. The van der Waals surface area contributed by atoms with E-state index in [1.165, 1.54) is 36.4 Å². The molecule has 166 valence electrons. The maximum atomic E-state index is 12.8. The lowest BCUT2D eigenvalue weighted by atomic mass is 10.0. The minimum atomic E-state index is -3.36. The monoisotopic (exact) mass is 417 g/mol. The molecule has 3 N–H and O–H groups in total. The molecule has 1 saturated heterocycles. The fraction of sp³-hybridized carbons (Fsp3) is 0.952. The zero-order chi connectivity index (χ0) is 20.7. The van der Waals surface area contributed by atoms with E-state index in [1.807, 2.05) is 0 Å². The van der Waals surface area contributed by atoms with Gasteiger partial charge in [0.15, 0.2) is 0 Å². The minimum absolute atomic E-state index is 0.132. The minimum Gasteiger partial charge on any atom is -0.355 e.